The maximum atomic E-state index is 14.0. The molecular weight excluding hydrogens is 444 g/mol. The number of nitrogens with two attached hydrogens (primary N) is 2. The second-order valence-electron chi connectivity index (χ2n) is 10.7. The first kappa shape index (κ1) is 23.3. The molecule has 8 heteroatoms. The Morgan fingerprint density at radius 1 is 1.09 bits per heavy atom. The van der Waals surface area contributed by atoms with Crippen LogP contribution in [0, 0.1) is 11.8 Å². The standard InChI is InChI=1S/C27H32N4O4/c1-16(2)12-23(33)31-19-10-11-26(31)21(13-19)24(34)30(27(26,25(29)35)14-22(28)32)15-18-8-5-7-17-6-3-4-9-20(17)18/h3-9,16,19,21H,10-15H2,1-2H3,(H2,28,32)(H2,29,35). The molecule has 184 valence electrons. The van der Waals surface area contributed by atoms with Crippen LogP contribution in [0.5, 0.6) is 0 Å². The Kier molecular flexibility index (Phi) is 5.38. The van der Waals surface area contributed by atoms with Crippen molar-refractivity contribution in [3.05, 3.63) is 48.0 Å². The zero-order chi connectivity index (χ0) is 25.1. The Labute approximate surface area is 204 Å². The number of hydrogen-bond acceptors (Lipinski definition) is 4. The summed E-state index contributed by atoms with van der Waals surface area (Å²) in [7, 11) is 0. The Morgan fingerprint density at radius 2 is 1.80 bits per heavy atom. The second kappa shape index (κ2) is 8.07. The zero-order valence-electron chi connectivity index (χ0n) is 20.2. The van der Waals surface area contributed by atoms with E-state index in [-0.39, 0.29) is 30.3 Å². The summed E-state index contributed by atoms with van der Waals surface area (Å²) in [6.07, 6.45) is 1.48. The third-order valence-corrected chi connectivity index (χ3v) is 8.38. The highest BCUT2D eigenvalue weighted by molar-refractivity contribution is 6.03. The van der Waals surface area contributed by atoms with Crippen molar-refractivity contribution in [2.24, 2.45) is 23.3 Å². The molecule has 3 aliphatic heterocycles. The molecule has 8 nitrogen and oxygen atoms in total. The van der Waals surface area contributed by atoms with E-state index in [0.29, 0.717) is 25.7 Å². The smallest absolute Gasteiger partial charge is 0.246 e. The van der Waals surface area contributed by atoms with Crippen LogP contribution in [-0.2, 0) is 25.7 Å². The van der Waals surface area contributed by atoms with Gasteiger partial charge in [-0.25, -0.2) is 0 Å². The van der Waals surface area contributed by atoms with Crippen LogP contribution in [0.2, 0.25) is 0 Å². The number of primary amides is 2. The first-order valence-electron chi connectivity index (χ1n) is 12.3. The molecule has 2 bridgehead atoms. The van der Waals surface area contributed by atoms with Crippen LogP contribution in [0.15, 0.2) is 42.5 Å². The van der Waals surface area contributed by atoms with Gasteiger partial charge in [0, 0.05) is 19.0 Å². The molecule has 0 saturated carbocycles. The number of carbonyl (C=O) groups excluding carboxylic acids is 4. The molecule has 0 aromatic heterocycles. The van der Waals surface area contributed by atoms with Crippen LogP contribution in [-0.4, -0.2) is 50.5 Å². The number of carbonyl (C=O) groups is 4. The minimum atomic E-state index is -1.70. The molecule has 3 fully saturated rings. The van der Waals surface area contributed by atoms with Gasteiger partial charge in [0.15, 0.2) is 5.54 Å². The molecule has 4 atom stereocenters. The monoisotopic (exact) mass is 476 g/mol. The van der Waals surface area contributed by atoms with E-state index in [1.54, 1.807) is 4.90 Å². The van der Waals surface area contributed by atoms with Crippen LogP contribution >= 0.6 is 0 Å². The number of benzene rings is 2. The van der Waals surface area contributed by atoms with Crippen molar-refractivity contribution in [2.45, 2.75) is 69.6 Å². The van der Waals surface area contributed by atoms with Gasteiger partial charge in [0.25, 0.3) is 0 Å². The Bertz CT molecular complexity index is 1240. The second-order valence-corrected chi connectivity index (χ2v) is 10.7. The minimum Gasteiger partial charge on any atom is -0.370 e. The van der Waals surface area contributed by atoms with Gasteiger partial charge < -0.3 is 21.3 Å². The fraction of sp³-hybridized carbons (Fsp3) is 0.481. The predicted molar refractivity (Wildman–Crippen MR) is 130 cm³/mol. The summed E-state index contributed by atoms with van der Waals surface area (Å²) in [6, 6.07) is 13.5. The molecule has 2 aromatic carbocycles. The third-order valence-electron chi connectivity index (χ3n) is 8.38. The van der Waals surface area contributed by atoms with Gasteiger partial charge in [0.05, 0.1) is 17.9 Å². The summed E-state index contributed by atoms with van der Waals surface area (Å²) in [6.45, 7) is 4.02. The molecule has 4 N–H and O–H groups in total. The first-order valence-corrected chi connectivity index (χ1v) is 12.3. The summed E-state index contributed by atoms with van der Waals surface area (Å²) in [5.74, 6) is -2.31. The molecule has 5 rings (SSSR count). The fourth-order valence-corrected chi connectivity index (χ4v) is 7.23. The summed E-state index contributed by atoms with van der Waals surface area (Å²) in [5, 5.41) is 1.95. The molecule has 35 heavy (non-hydrogen) atoms. The lowest BCUT2D eigenvalue weighted by Gasteiger charge is -2.49. The number of likely N-dealkylation sites (tertiary alicyclic amines) is 1. The van der Waals surface area contributed by atoms with Gasteiger partial charge in [-0.1, -0.05) is 56.3 Å². The van der Waals surface area contributed by atoms with Crippen molar-refractivity contribution in [1.29, 1.82) is 0 Å². The lowest BCUT2D eigenvalue weighted by molar-refractivity contribution is -0.153. The molecule has 3 aliphatic rings. The first-order chi connectivity index (χ1) is 16.6. The molecule has 0 radical (unpaired) electrons. The van der Waals surface area contributed by atoms with E-state index in [4.69, 9.17) is 11.5 Å². The van der Waals surface area contributed by atoms with E-state index in [2.05, 4.69) is 0 Å². The quantitative estimate of drug-likeness (QED) is 0.634. The van der Waals surface area contributed by atoms with Gasteiger partial charge >= 0.3 is 0 Å². The summed E-state index contributed by atoms with van der Waals surface area (Å²) >= 11 is 0. The summed E-state index contributed by atoms with van der Waals surface area (Å²) < 4.78 is 0. The van der Waals surface area contributed by atoms with Crippen LogP contribution in [0.1, 0.15) is 51.5 Å². The van der Waals surface area contributed by atoms with Crippen LogP contribution in [0.4, 0.5) is 0 Å². The molecule has 3 heterocycles. The van der Waals surface area contributed by atoms with Crippen molar-refractivity contribution in [3.8, 4) is 0 Å². The number of amides is 4. The number of hydrogen-bond donors (Lipinski definition) is 2. The maximum Gasteiger partial charge on any atom is 0.246 e. The fourth-order valence-electron chi connectivity index (χ4n) is 7.23. The largest absolute Gasteiger partial charge is 0.370 e. The zero-order valence-corrected chi connectivity index (χ0v) is 20.2. The van der Waals surface area contributed by atoms with Crippen molar-refractivity contribution in [2.75, 3.05) is 0 Å². The molecule has 4 unspecified atom stereocenters. The molecular formula is C27H32N4O4. The number of rotatable bonds is 7. The van der Waals surface area contributed by atoms with E-state index < -0.39 is 35.2 Å². The van der Waals surface area contributed by atoms with E-state index in [0.717, 1.165) is 16.3 Å². The Balaban J connectivity index is 1.68. The Morgan fingerprint density at radius 3 is 2.49 bits per heavy atom. The van der Waals surface area contributed by atoms with E-state index in [1.165, 1.54) is 4.90 Å². The average Bonchev–Trinajstić information content (AvgIpc) is 3.40. The highest BCUT2D eigenvalue weighted by Crippen LogP contribution is 2.63. The minimum absolute atomic E-state index is 0.0973. The van der Waals surface area contributed by atoms with Crippen molar-refractivity contribution < 1.29 is 19.2 Å². The third kappa shape index (κ3) is 3.11. The number of fused-ring (bicyclic) bond motifs is 2. The lowest BCUT2D eigenvalue weighted by Crippen LogP contribution is -2.71. The molecule has 2 aromatic rings. The normalized spacial score (nSPS) is 29.3. The number of nitrogens with zero attached hydrogens (tertiary/aromatic N) is 2. The van der Waals surface area contributed by atoms with Crippen LogP contribution in [0.25, 0.3) is 10.8 Å². The lowest BCUT2D eigenvalue weighted by atomic mass is 9.66. The van der Waals surface area contributed by atoms with Crippen molar-refractivity contribution >= 4 is 34.4 Å². The molecule has 4 amide bonds. The maximum absolute atomic E-state index is 14.0. The highest BCUT2D eigenvalue weighted by Gasteiger charge is 2.79. The van der Waals surface area contributed by atoms with Crippen molar-refractivity contribution in [3.63, 3.8) is 0 Å². The molecule has 3 saturated heterocycles. The SMILES string of the molecule is CC(C)CC(=O)N1C2CCC13C(C2)C(=O)N(Cc1cccc2ccccc12)C3(CC(N)=O)C(N)=O. The van der Waals surface area contributed by atoms with Gasteiger partial charge in [-0.15, -0.1) is 0 Å². The van der Waals surface area contributed by atoms with E-state index in [1.807, 2.05) is 56.3 Å². The van der Waals surface area contributed by atoms with Crippen molar-refractivity contribution in [1.82, 2.24) is 9.80 Å². The van der Waals surface area contributed by atoms with Gasteiger partial charge in [0.2, 0.25) is 23.6 Å². The van der Waals surface area contributed by atoms with Gasteiger partial charge in [-0.3, -0.25) is 19.2 Å². The van der Waals surface area contributed by atoms with Crippen LogP contribution in [0.3, 0.4) is 0 Å². The average molecular weight is 477 g/mol. The van der Waals surface area contributed by atoms with E-state index in [9.17, 15) is 19.2 Å². The predicted octanol–water partition coefficient (Wildman–Crippen LogP) is 2.08. The molecule has 0 aliphatic carbocycles. The van der Waals surface area contributed by atoms with Crippen LogP contribution < -0.4 is 11.5 Å². The van der Waals surface area contributed by atoms with Gasteiger partial charge in [-0.05, 0) is 41.5 Å². The highest BCUT2D eigenvalue weighted by atomic mass is 16.2. The topological polar surface area (TPSA) is 127 Å². The summed E-state index contributed by atoms with van der Waals surface area (Å²) in [5.41, 5.74) is 9.82. The van der Waals surface area contributed by atoms with E-state index >= 15 is 0 Å². The Hall–Kier alpha value is -3.42. The van der Waals surface area contributed by atoms with Gasteiger partial charge in [0.1, 0.15) is 0 Å². The molecule has 1 spiro atoms. The summed E-state index contributed by atoms with van der Waals surface area (Å²) in [4.78, 5) is 56.7. The van der Waals surface area contributed by atoms with Gasteiger partial charge in [-0.2, -0.15) is 0 Å².